The monoisotopic (exact) mass is 565 g/mol. The molecule has 0 saturated carbocycles. The summed E-state index contributed by atoms with van der Waals surface area (Å²) in [6.07, 6.45) is 1.61. The second-order valence-corrected chi connectivity index (χ2v) is 10.4. The van der Waals surface area contributed by atoms with Crippen LogP contribution in [-0.4, -0.2) is 98.1 Å². The van der Waals surface area contributed by atoms with Gasteiger partial charge in [-0.05, 0) is 24.1 Å². The number of ether oxygens (including phenoxy) is 1. The fraction of sp³-hybridized carbons (Fsp3) is 0.391. The molecule has 7 N–H and O–H groups in total. The number of anilines is 1. The van der Waals surface area contributed by atoms with Crippen LogP contribution in [0.5, 0.6) is 0 Å². The SMILES string of the molecule is Nc1ncnc2c1ncn2[C@@H]1O[C@H](CN(C/C=C/c2ccc(S(=O)(=O)F)cc2)CC[C@H](N)C(=O)O)[C@@H](O)[C@H]1O. The summed E-state index contributed by atoms with van der Waals surface area (Å²) in [7, 11) is -4.80. The molecule has 0 amide bonds. The third-order valence-corrected chi connectivity index (χ3v) is 7.18. The second-order valence-electron chi connectivity index (χ2n) is 9.03. The van der Waals surface area contributed by atoms with E-state index in [-0.39, 0.29) is 31.9 Å². The van der Waals surface area contributed by atoms with Crippen LogP contribution < -0.4 is 11.5 Å². The minimum absolute atomic E-state index is 0.101. The van der Waals surface area contributed by atoms with E-state index in [9.17, 15) is 27.3 Å². The van der Waals surface area contributed by atoms with E-state index in [1.807, 2.05) is 0 Å². The average Bonchev–Trinajstić information content (AvgIpc) is 3.44. The van der Waals surface area contributed by atoms with Crippen molar-refractivity contribution in [1.29, 1.82) is 0 Å². The zero-order chi connectivity index (χ0) is 28.3. The maximum atomic E-state index is 13.1. The zero-order valence-electron chi connectivity index (χ0n) is 20.5. The molecule has 1 saturated heterocycles. The average molecular weight is 566 g/mol. The number of nitrogen functional groups attached to an aromatic ring is 1. The third-order valence-electron chi connectivity index (χ3n) is 6.35. The van der Waals surface area contributed by atoms with Gasteiger partial charge >= 0.3 is 16.2 Å². The van der Waals surface area contributed by atoms with E-state index in [2.05, 4.69) is 15.0 Å². The molecule has 0 aliphatic carbocycles. The van der Waals surface area contributed by atoms with Crippen molar-refractivity contribution in [3.8, 4) is 0 Å². The molecule has 0 spiro atoms. The highest BCUT2D eigenvalue weighted by Crippen LogP contribution is 2.32. The van der Waals surface area contributed by atoms with Crippen LogP contribution >= 0.6 is 0 Å². The number of aromatic nitrogens is 4. The number of aliphatic hydroxyl groups excluding tert-OH is 2. The van der Waals surface area contributed by atoms with E-state index in [0.717, 1.165) is 12.1 Å². The summed E-state index contributed by atoms with van der Waals surface area (Å²) in [6.45, 7) is 0.594. The molecule has 0 unspecified atom stereocenters. The van der Waals surface area contributed by atoms with Gasteiger partial charge in [0.1, 0.15) is 36.2 Å². The van der Waals surface area contributed by atoms with Crippen LogP contribution in [0.15, 0.2) is 47.9 Å². The fourth-order valence-corrected chi connectivity index (χ4v) is 4.66. The number of hydrogen-bond acceptors (Lipinski definition) is 12. The predicted molar refractivity (Wildman–Crippen MR) is 136 cm³/mol. The van der Waals surface area contributed by atoms with Gasteiger partial charge in [0, 0.05) is 19.6 Å². The Morgan fingerprint density at radius 3 is 2.59 bits per heavy atom. The number of carboxylic acids is 1. The Hall–Kier alpha value is -3.54. The Morgan fingerprint density at radius 1 is 1.21 bits per heavy atom. The number of rotatable bonds is 11. The smallest absolute Gasteiger partial charge is 0.332 e. The molecule has 3 aromatic rings. The van der Waals surface area contributed by atoms with Gasteiger partial charge in [-0.1, -0.05) is 24.3 Å². The summed E-state index contributed by atoms with van der Waals surface area (Å²) >= 11 is 0. The molecule has 5 atom stereocenters. The van der Waals surface area contributed by atoms with Crippen LogP contribution in [0.25, 0.3) is 17.2 Å². The van der Waals surface area contributed by atoms with Crippen LogP contribution in [-0.2, 0) is 19.8 Å². The molecule has 0 radical (unpaired) electrons. The molecule has 14 nitrogen and oxygen atoms in total. The van der Waals surface area contributed by atoms with Gasteiger partial charge in [-0.3, -0.25) is 14.3 Å². The highest BCUT2D eigenvalue weighted by atomic mass is 32.3. The normalized spacial score (nSPS) is 22.7. The second kappa shape index (κ2) is 11.7. The topological polar surface area (TPSA) is 220 Å². The maximum absolute atomic E-state index is 13.1. The molecular weight excluding hydrogens is 537 g/mol. The molecule has 1 aliphatic rings. The number of imidazole rings is 1. The molecule has 16 heteroatoms. The standard InChI is InChI=1S/C23H28FN7O7S/c24-39(36,37)14-5-3-13(4-6-14)2-1-8-30(9-7-15(25)23(34)35)10-16-18(32)19(33)22(38-16)31-12-29-17-20(26)27-11-28-21(17)31/h1-6,11-12,15-16,18-19,22,32-33H,7-10,25H2,(H,34,35)(H2,26,27,28)/b2-1+/t15-,16+,18+,19+,22+/m0/s1. The van der Waals surface area contributed by atoms with Crippen LogP contribution in [0.4, 0.5) is 9.70 Å². The quantitative estimate of drug-likeness (QED) is 0.185. The van der Waals surface area contributed by atoms with Gasteiger partial charge in [0.05, 0.1) is 11.2 Å². The molecular formula is C23H28FN7O7S. The third kappa shape index (κ3) is 6.55. The van der Waals surface area contributed by atoms with Crippen molar-refractivity contribution in [3.05, 3.63) is 48.6 Å². The largest absolute Gasteiger partial charge is 0.480 e. The Labute approximate surface area is 222 Å². The minimum Gasteiger partial charge on any atom is -0.480 e. The summed E-state index contributed by atoms with van der Waals surface area (Å²) in [4.78, 5) is 24.7. The summed E-state index contributed by atoms with van der Waals surface area (Å²) in [5.41, 5.74) is 12.7. The first kappa shape index (κ1) is 28.5. The zero-order valence-corrected chi connectivity index (χ0v) is 21.3. The lowest BCUT2D eigenvalue weighted by Gasteiger charge is -2.26. The van der Waals surface area contributed by atoms with Crippen LogP contribution in [0.3, 0.4) is 0 Å². The number of carboxylic acid groups (broad SMARTS) is 1. The number of aliphatic carboxylic acids is 1. The van der Waals surface area contributed by atoms with E-state index in [1.165, 1.54) is 29.4 Å². The van der Waals surface area contributed by atoms with Crippen molar-refractivity contribution in [2.24, 2.45) is 5.73 Å². The number of hydrogen-bond donors (Lipinski definition) is 5. The molecule has 39 heavy (non-hydrogen) atoms. The van der Waals surface area contributed by atoms with Crippen LogP contribution in [0, 0.1) is 0 Å². The van der Waals surface area contributed by atoms with E-state index < -0.39 is 51.7 Å². The van der Waals surface area contributed by atoms with E-state index >= 15 is 0 Å². The van der Waals surface area contributed by atoms with Crippen molar-refractivity contribution in [2.45, 2.75) is 41.9 Å². The first-order chi connectivity index (χ1) is 18.5. The lowest BCUT2D eigenvalue weighted by atomic mass is 10.1. The summed E-state index contributed by atoms with van der Waals surface area (Å²) in [6, 6.07) is 4.04. The number of benzene rings is 1. The highest BCUT2D eigenvalue weighted by molar-refractivity contribution is 7.86. The maximum Gasteiger partial charge on any atom is 0.332 e. The van der Waals surface area contributed by atoms with Crippen LogP contribution in [0.1, 0.15) is 18.2 Å². The number of nitrogens with two attached hydrogens (primary N) is 2. The van der Waals surface area contributed by atoms with Crippen molar-refractivity contribution in [3.63, 3.8) is 0 Å². The molecule has 2 aromatic heterocycles. The highest BCUT2D eigenvalue weighted by Gasteiger charge is 2.44. The predicted octanol–water partition coefficient (Wildman–Crippen LogP) is -0.497. The van der Waals surface area contributed by atoms with Gasteiger partial charge in [-0.25, -0.2) is 15.0 Å². The molecule has 4 rings (SSSR count). The number of nitrogens with zero attached hydrogens (tertiary/aromatic N) is 5. The Bertz CT molecular complexity index is 1450. The van der Waals surface area contributed by atoms with Gasteiger partial charge in [0.2, 0.25) is 0 Å². The Balaban J connectivity index is 1.48. The van der Waals surface area contributed by atoms with Gasteiger partial charge in [0.15, 0.2) is 17.7 Å². The van der Waals surface area contributed by atoms with Crippen molar-refractivity contribution >= 4 is 39.3 Å². The summed E-state index contributed by atoms with van der Waals surface area (Å²) in [5, 5.41) is 30.6. The van der Waals surface area contributed by atoms with Crippen LogP contribution in [0.2, 0.25) is 0 Å². The Kier molecular flexibility index (Phi) is 8.53. The first-order valence-corrected chi connectivity index (χ1v) is 13.2. The number of carbonyl (C=O) groups is 1. The molecule has 3 heterocycles. The van der Waals surface area contributed by atoms with E-state index in [1.54, 1.807) is 17.1 Å². The molecule has 210 valence electrons. The molecule has 1 aliphatic heterocycles. The summed E-state index contributed by atoms with van der Waals surface area (Å²) < 4.78 is 42.6. The number of halogens is 1. The van der Waals surface area contributed by atoms with Crippen molar-refractivity contribution in [1.82, 2.24) is 24.4 Å². The molecule has 1 aromatic carbocycles. The molecule has 0 bridgehead atoms. The van der Waals surface area contributed by atoms with Gasteiger partial charge in [-0.15, -0.1) is 3.89 Å². The minimum atomic E-state index is -4.80. The summed E-state index contributed by atoms with van der Waals surface area (Å²) in [5.74, 6) is -1.01. The number of aliphatic hydroxyl groups is 2. The van der Waals surface area contributed by atoms with Gasteiger partial charge < -0.3 is 31.5 Å². The lowest BCUT2D eigenvalue weighted by Crippen LogP contribution is -2.42. The first-order valence-electron chi connectivity index (χ1n) is 11.8. The van der Waals surface area contributed by atoms with E-state index in [4.69, 9.17) is 21.3 Å². The fourth-order valence-electron chi connectivity index (χ4n) is 4.20. The van der Waals surface area contributed by atoms with Gasteiger partial charge in [0.25, 0.3) is 0 Å². The van der Waals surface area contributed by atoms with Crippen molar-refractivity contribution in [2.75, 3.05) is 25.4 Å². The van der Waals surface area contributed by atoms with Crippen molar-refractivity contribution < 1.29 is 37.2 Å². The number of fused-ring (bicyclic) bond motifs is 1. The molecule has 1 fully saturated rings. The Morgan fingerprint density at radius 2 is 1.92 bits per heavy atom. The van der Waals surface area contributed by atoms with Gasteiger partial charge in [-0.2, -0.15) is 8.42 Å². The lowest BCUT2D eigenvalue weighted by molar-refractivity contribution is -0.138. The van der Waals surface area contributed by atoms with E-state index in [0.29, 0.717) is 16.7 Å².